The normalized spacial score (nSPS) is 34.1. The second-order valence-corrected chi connectivity index (χ2v) is 4.76. The number of rotatable bonds is 2. The van der Waals surface area contributed by atoms with Gasteiger partial charge in [-0.2, -0.15) is 0 Å². The molecule has 0 aliphatic carbocycles. The van der Waals surface area contributed by atoms with E-state index in [9.17, 15) is 0 Å². The molecular weight excluding hydrogens is 198 g/mol. The van der Waals surface area contributed by atoms with Gasteiger partial charge in [-0.25, -0.2) is 0 Å². The summed E-state index contributed by atoms with van der Waals surface area (Å²) in [5, 5.41) is 6.85. The topological polar surface area (TPSA) is 27.3 Å². The average molecular weight is 220 g/mol. The number of nitrogens with zero attached hydrogens (tertiary/aromatic N) is 1. The van der Waals surface area contributed by atoms with E-state index < -0.39 is 0 Å². The second-order valence-electron chi connectivity index (χ2n) is 4.76. The number of hydrogen-bond donors (Lipinski definition) is 2. The lowest BCUT2D eigenvalue weighted by Gasteiger charge is -2.34. The monoisotopic (exact) mass is 219 g/mol. The third-order valence-electron chi connectivity index (χ3n) is 3.27. The van der Waals surface area contributed by atoms with Gasteiger partial charge in [-0.3, -0.25) is 0 Å². The van der Waals surface area contributed by atoms with Gasteiger partial charge >= 0.3 is 0 Å². The Morgan fingerprint density at radius 1 is 1.14 bits per heavy atom. The number of hydrogen-bond acceptors (Lipinski definition) is 3. The van der Waals surface area contributed by atoms with Crippen molar-refractivity contribution in [2.45, 2.75) is 13.3 Å². The fourth-order valence-electron chi connectivity index (χ4n) is 2.41. The lowest BCUT2D eigenvalue weighted by molar-refractivity contribution is 0.161. The van der Waals surface area contributed by atoms with Gasteiger partial charge in [0.25, 0.3) is 0 Å². The zero-order valence-electron chi connectivity index (χ0n) is 9.01. The van der Waals surface area contributed by atoms with Gasteiger partial charge in [0.05, 0.1) is 0 Å². The Labute approximate surface area is 93.0 Å². The van der Waals surface area contributed by atoms with Crippen molar-refractivity contribution in [3.63, 3.8) is 0 Å². The lowest BCUT2D eigenvalue weighted by atomic mass is 9.89. The predicted molar refractivity (Wildman–Crippen MR) is 62.2 cm³/mol. The van der Waals surface area contributed by atoms with E-state index in [2.05, 4.69) is 22.5 Å². The van der Waals surface area contributed by atoms with Crippen LogP contribution < -0.4 is 10.6 Å². The molecule has 1 unspecified atom stereocenters. The Hall–Kier alpha value is 0.170. The Kier molecular flexibility index (Phi) is 4.64. The minimum Gasteiger partial charge on any atom is -0.316 e. The first-order valence-electron chi connectivity index (χ1n) is 5.42. The number of piperazine rings is 1. The molecule has 0 bridgehead atoms. The van der Waals surface area contributed by atoms with Gasteiger partial charge in [0.15, 0.2) is 0 Å². The van der Waals surface area contributed by atoms with Crippen LogP contribution in [0.3, 0.4) is 0 Å². The average Bonchev–Trinajstić information content (AvgIpc) is 2.54. The summed E-state index contributed by atoms with van der Waals surface area (Å²) in [5.41, 5.74) is 0.539. The van der Waals surface area contributed by atoms with Gasteiger partial charge in [0.1, 0.15) is 0 Å². The molecule has 2 N–H and O–H groups in total. The van der Waals surface area contributed by atoms with Crippen LogP contribution in [0.4, 0.5) is 0 Å². The smallest absolute Gasteiger partial charge is 0.0108 e. The van der Waals surface area contributed by atoms with Crippen LogP contribution in [-0.2, 0) is 0 Å². The van der Waals surface area contributed by atoms with Gasteiger partial charge in [-0.15, -0.1) is 12.4 Å². The van der Waals surface area contributed by atoms with E-state index >= 15 is 0 Å². The van der Waals surface area contributed by atoms with E-state index in [1.165, 1.54) is 52.2 Å². The SMILES string of the molecule is CC1(CN2CCNCC2)CCNC1.Cl. The van der Waals surface area contributed by atoms with Crippen molar-refractivity contribution in [2.24, 2.45) is 5.41 Å². The minimum absolute atomic E-state index is 0. The van der Waals surface area contributed by atoms with E-state index in [4.69, 9.17) is 0 Å². The zero-order valence-corrected chi connectivity index (χ0v) is 9.83. The highest BCUT2D eigenvalue weighted by molar-refractivity contribution is 5.85. The molecule has 2 saturated heterocycles. The fraction of sp³-hybridized carbons (Fsp3) is 1.00. The van der Waals surface area contributed by atoms with Crippen molar-refractivity contribution in [2.75, 3.05) is 45.8 Å². The zero-order chi connectivity index (χ0) is 9.15. The van der Waals surface area contributed by atoms with Crippen molar-refractivity contribution in [3.8, 4) is 0 Å². The molecule has 0 aromatic rings. The van der Waals surface area contributed by atoms with Crippen LogP contribution in [0, 0.1) is 5.41 Å². The summed E-state index contributed by atoms with van der Waals surface area (Å²) >= 11 is 0. The third-order valence-corrected chi connectivity index (χ3v) is 3.27. The molecule has 2 heterocycles. The lowest BCUT2D eigenvalue weighted by Crippen LogP contribution is -2.47. The highest BCUT2D eigenvalue weighted by Gasteiger charge is 2.30. The van der Waals surface area contributed by atoms with Crippen molar-refractivity contribution in [1.29, 1.82) is 0 Å². The Balaban J connectivity index is 0.000000980. The number of nitrogens with one attached hydrogen (secondary N) is 2. The minimum atomic E-state index is 0. The van der Waals surface area contributed by atoms with Crippen LogP contribution in [0.1, 0.15) is 13.3 Å². The summed E-state index contributed by atoms with van der Waals surface area (Å²) in [6.45, 7) is 10.9. The molecule has 0 aromatic carbocycles. The van der Waals surface area contributed by atoms with Crippen molar-refractivity contribution < 1.29 is 0 Å². The molecule has 84 valence electrons. The fourth-order valence-corrected chi connectivity index (χ4v) is 2.41. The summed E-state index contributed by atoms with van der Waals surface area (Å²) in [7, 11) is 0. The summed E-state index contributed by atoms with van der Waals surface area (Å²) in [5.74, 6) is 0. The van der Waals surface area contributed by atoms with Crippen LogP contribution in [0.15, 0.2) is 0 Å². The molecule has 0 spiro atoms. The quantitative estimate of drug-likeness (QED) is 0.701. The molecular formula is C10H22ClN3. The van der Waals surface area contributed by atoms with E-state index in [1.54, 1.807) is 0 Å². The highest BCUT2D eigenvalue weighted by Crippen LogP contribution is 2.25. The summed E-state index contributed by atoms with van der Waals surface area (Å²) in [4.78, 5) is 2.60. The first-order chi connectivity index (χ1) is 6.29. The van der Waals surface area contributed by atoms with E-state index in [0.29, 0.717) is 5.41 Å². The maximum Gasteiger partial charge on any atom is 0.0108 e. The molecule has 0 amide bonds. The maximum atomic E-state index is 3.46. The molecule has 14 heavy (non-hydrogen) atoms. The Bertz CT molecular complexity index is 163. The third kappa shape index (κ3) is 3.09. The van der Waals surface area contributed by atoms with Crippen molar-refractivity contribution in [1.82, 2.24) is 15.5 Å². The summed E-state index contributed by atoms with van der Waals surface area (Å²) in [6.07, 6.45) is 1.34. The van der Waals surface area contributed by atoms with Crippen LogP contribution in [0.2, 0.25) is 0 Å². The first-order valence-corrected chi connectivity index (χ1v) is 5.42. The molecule has 0 radical (unpaired) electrons. The summed E-state index contributed by atoms with van der Waals surface area (Å²) in [6, 6.07) is 0. The van der Waals surface area contributed by atoms with Crippen LogP contribution >= 0.6 is 12.4 Å². The predicted octanol–water partition coefficient (Wildman–Crippen LogP) is 0.313. The largest absolute Gasteiger partial charge is 0.316 e. The maximum absolute atomic E-state index is 3.46. The Morgan fingerprint density at radius 2 is 1.86 bits per heavy atom. The number of halogens is 1. The molecule has 3 nitrogen and oxygen atoms in total. The molecule has 0 aromatic heterocycles. The standard InChI is InChI=1S/C10H21N3.ClH/c1-10(2-3-12-8-10)9-13-6-4-11-5-7-13;/h11-12H,2-9H2,1H3;1H. The first kappa shape index (κ1) is 12.2. The molecule has 4 heteroatoms. The molecule has 0 saturated carbocycles. The van der Waals surface area contributed by atoms with Crippen LogP contribution in [0.25, 0.3) is 0 Å². The van der Waals surface area contributed by atoms with Crippen molar-refractivity contribution >= 4 is 12.4 Å². The van der Waals surface area contributed by atoms with Gasteiger partial charge in [-0.05, 0) is 18.4 Å². The molecule has 2 aliphatic heterocycles. The Morgan fingerprint density at radius 3 is 2.43 bits per heavy atom. The molecule has 2 aliphatic rings. The molecule has 1 atom stereocenters. The van der Waals surface area contributed by atoms with E-state index in [1.807, 2.05) is 0 Å². The van der Waals surface area contributed by atoms with Gasteiger partial charge in [-0.1, -0.05) is 6.92 Å². The molecule has 2 fully saturated rings. The molecule has 2 rings (SSSR count). The van der Waals surface area contributed by atoms with Gasteiger partial charge in [0.2, 0.25) is 0 Å². The van der Waals surface area contributed by atoms with Crippen LogP contribution in [-0.4, -0.2) is 50.7 Å². The van der Waals surface area contributed by atoms with Gasteiger partial charge in [0, 0.05) is 39.3 Å². The van der Waals surface area contributed by atoms with E-state index in [0.717, 1.165) is 0 Å². The second kappa shape index (κ2) is 5.31. The highest BCUT2D eigenvalue weighted by atomic mass is 35.5. The van der Waals surface area contributed by atoms with Gasteiger partial charge < -0.3 is 15.5 Å². The summed E-state index contributed by atoms with van der Waals surface area (Å²) < 4.78 is 0. The van der Waals surface area contributed by atoms with E-state index in [-0.39, 0.29) is 12.4 Å². The van der Waals surface area contributed by atoms with Crippen LogP contribution in [0.5, 0.6) is 0 Å². The van der Waals surface area contributed by atoms with Crippen molar-refractivity contribution in [3.05, 3.63) is 0 Å².